The van der Waals surface area contributed by atoms with Crippen LogP contribution in [0.3, 0.4) is 0 Å². The Morgan fingerprint density at radius 1 is 1.06 bits per heavy atom. The van der Waals surface area contributed by atoms with E-state index in [2.05, 4.69) is 25.7 Å². The van der Waals surface area contributed by atoms with Gasteiger partial charge < -0.3 is 9.72 Å². The van der Waals surface area contributed by atoms with Crippen LogP contribution in [0.2, 0.25) is 5.02 Å². The SMILES string of the molecule is O=C(N/N=C\c1c[nH]c2ccccc12)c1cc(-c2ccc(OCc3ccc(Cl)cc3)cc2)n[nH]1. The van der Waals surface area contributed by atoms with Gasteiger partial charge in [0.25, 0.3) is 5.91 Å². The number of nitrogens with zero attached hydrogens (tertiary/aromatic N) is 2. The maximum atomic E-state index is 12.4. The van der Waals surface area contributed by atoms with Gasteiger partial charge in [0.05, 0.1) is 11.9 Å². The van der Waals surface area contributed by atoms with Crippen LogP contribution < -0.4 is 10.2 Å². The van der Waals surface area contributed by atoms with E-state index in [0.717, 1.165) is 33.3 Å². The van der Waals surface area contributed by atoms with E-state index in [-0.39, 0.29) is 5.91 Å². The van der Waals surface area contributed by atoms with Gasteiger partial charge in [-0.15, -0.1) is 0 Å². The molecule has 8 heteroatoms. The van der Waals surface area contributed by atoms with Gasteiger partial charge in [0.15, 0.2) is 0 Å². The van der Waals surface area contributed by atoms with Gasteiger partial charge in [0.2, 0.25) is 0 Å². The average molecular weight is 470 g/mol. The fraction of sp³-hybridized carbons (Fsp3) is 0.0385. The molecule has 0 atom stereocenters. The van der Waals surface area contributed by atoms with Crippen LogP contribution >= 0.6 is 11.6 Å². The van der Waals surface area contributed by atoms with Crippen molar-refractivity contribution in [2.75, 3.05) is 0 Å². The van der Waals surface area contributed by atoms with Gasteiger partial charge in [-0.25, -0.2) is 5.43 Å². The molecule has 3 aromatic carbocycles. The lowest BCUT2D eigenvalue weighted by atomic mass is 10.1. The van der Waals surface area contributed by atoms with Gasteiger partial charge in [0.1, 0.15) is 18.1 Å². The molecule has 0 aliphatic heterocycles. The molecular formula is C26H20ClN5O2. The molecule has 0 unspecified atom stereocenters. The number of amides is 1. The molecule has 0 radical (unpaired) electrons. The third-order valence-electron chi connectivity index (χ3n) is 5.28. The Morgan fingerprint density at radius 2 is 1.85 bits per heavy atom. The van der Waals surface area contributed by atoms with Crippen LogP contribution in [0.25, 0.3) is 22.2 Å². The van der Waals surface area contributed by atoms with Crippen molar-refractivity contribution in [1.29, 1.82) is 0 Å². The van der Waals surface area contributed by atoms with Crippen LogP contribution in [0, 0.1) is 0 Å². The summed E-state index contributed by atoms with van der Waals surface area (Å²) in [5, 5.41) is 12.8. The molecular weight excluding hydrogens is 450 g/mol. The zero-order chi connectivity index (χ0) is 23.3. The van der Waals surface area contributed by atoms with E-state index in [9.17, 15) is 4.79 Å². The van der Waals surface area contributed by atoms with Crippen LogP contribution in [0.15, 0.2) is 90.2 Å². The van der Waals surface area contributed by atoms with Crippen molar-refractivity contribution < 1.29 is 9.53 Å². The van der Waals surface area contributed by atoms with Crippen molar-refractivity contribution in [2.24, 2.45) is 5.10 Å². The lowest BCUT2D eigenvalue weighted by Crippen LogP contribution is -2.17. The van der Waals surface area contributed by atoms with Crippen LogP contribution in [0.4, 0.5) is 0 Å². The maximum absolute atomic E-state index is 12.4. The molecule has 7 nitrogen and oxygen atoms in total. The highest BCUT2D eigenvalue weighted by molar-refractivity contribution is 6.30. The Kier molecular flexibility index (Phi) is 6.09. The first-order valence-corrected chi connectivity index (χ1v) is 11.0. The van der Waals surface area contributed by atoms with E-state index >= 15 is 0 Å². The number of aromatic nitrogens is 3. The standard InChI is InChI=1S/C26H20ClN5O2/c27-20-9-5-17(6-10-20)16-34-21-11-7-18(8-12-21)24-13-25(31-30-24)26(33)32-29-15-19-14-28-23-4-2-1-3-22(19)23/h1-15,28H,16H2,(H,30,31)(H,32,33)/b29-15-. The first-order chi connectivity index (χ1) is 16.7. The fourth-order valence-electron chi connectivity index (χ4n) is 3.48. The number of carbonyl (C=O) groups is 1. The molecule has 0 saturated heterocycles. The second kappa shape index (κ2) is 9.64. The van der Waals surface area contributed by atoms with Crippen LogP contribution in [0.1, 0.15) is 21.6 Å². The average Bonchev–Trinajstić information content (AvgIpc) is 3.52. The molecule has 34 heavy (non-hydrogen) atoms. The normalized spacial score (nSPS) is 11.2. The topological polar surface area (TPSA) is 95.2 Å². The van der Waals surface area contributed by atoms with Gasteiger partial charge in [-0.2, -0.15) is 10.2 Å². The highest BCUT2D eigenvalue weighted by Gasteiger charge is 2.11. The van der Waals surface area contributed by atoms with E-state index in [0.29, 0.717) is 23.0 Å². The molecule has 0 fully saturated rings. The first kappa shape index (κ1) is 21.5. The number of hydrogen-bond donors (Lipinski definition) is 3. The Labute approximate surface area is 200 Å². The smallest absolute Gasteiger partial charge is 0.289 e. The van der Waals surface area contributed by atoms with Crippen molar-refractivity contribution in [3.63, 3.8) is 0 Å². The summed E-state index contributed by atoms with van der Waals surface area (Å²) < 4.78 is 5.81. The number of nitrogens with one attached hydrogen (secondary N) is 3. The Balaban J connectivity index is 1.19. The number of fused-ring (bicyclic) bond motifs is 1. The summed E-state index contributed by atoms with van der Waals surface area (Å²) in [6, 6.07) is 24.6. The summed E-state index contributed by atoms with van der Waals surface area (Å²) >= 11 is 5.91. The molecule has 0 aliphatic rings. The number of para-hydroxylation sites is 1. The highest BCUT2D eigenvalue weighted by atomic mass is 35.5. The summed E-state index contributed by atoms with van der Waals surface area (Å²) in [7, 11) is 0. The molecule has 168 valence electrons. The van der Waals surface area contributed by atoms with E-state index < -0.39 is 0 Å². The van der Waals surface area contributed by atoms with E-state index in [4.69, 9.17) is 16.3 Å². The van der Waals surface area contributed by atoms with Crippen molar-refractivity contribution in [3.8, 4) is 17.0 Å². The molecule has 0 bridgehead atoms. The largest absolute Gasteiger partial charge is 0.489 e. The minimum Gasteiger partial charge on any atom is -0.489 e. The molecule has 5 aromatic rings. The number of benzene rings is 3. The first-order valence-electron chi connectivity index (χ1n) is 10.6. The third-order valence-corrected chi connectivity index (χ3v) is 5.53. The van der Waals surface area contributed by atoms with Gasteiger partial charge in [-0.3, -0.25) is 9.89 Å². The minimum atomic E-state index is -0.377. The Morgan fingerprint density at radius 3 is 2.68 bits per heavy atom. The number of aromatic amines is 2. The molecule has 0 spiro atoms. The predicted molar refractivity (Wildman–Crippen MR) is 133 cm³/mol. The summed E-state index contributed by atoms with van der Waals surface area (Å²) in [6.07, 6.45) is 3.45. The molecule has 3 N–H and O–H groups in total. The summed E-state index contributed by atoms with van der Waals surface area (Å²) in [6.45, 7) is 0.447. The van der Waals surface area contributed by atoms with Gasteiger partial charge in [-0.05, 0) is 54.1 Å². The monoisotopic (exact) mass is 469 g/mol. The molecule has 2 heterocycles. The summed E-state index contributed by atoms with van der Waals surface area (Å²) in [5.74, 6) is 0.358. The van der Waals surface area contributed by atoms with Crippen molar-refractivity contribution in [1.82, 2.24) is 20.6 Å². The number of carbonyl (C=O) groups excluding carboxylic acids is 1. The lowest BCUT2D eigenvalue weighted by molar-refractivity contribution is 0.0950. The number of hydrazone groups is 1. The molecule has 1 amide bonds. The summed E-state index contributed by atoms with van der Waals surface area (Å²) in [4.78, 5) is 15.6. The van der Waals surface area contributed by atoms with Crippen LogP contribution in [-0.4, -0.2) is 27.3 Å². The number of rotatable bonds is 7. The second-order valence-electron chi connectivity index (χ2n) is 7.60. The quantitative estimate of drug-likeness (QED) is 0.215. The predicted octanol–water partition coefficient (Wildman–Crippen LogP) is 5.55. The zero-order valence-corrected chi connectivity index (χ0v) is 18.7. The highest BCUT2D eigenvalue weighted by Crippen LogP contribution is 2.22. The number of H-pyrrole nitrogens is 2. The minimum absolute atomic E-state index is 0.314. The van der Waals surface area contributed by atoms with Gasteiger partial charge >= 0.3 is 0 Å². The Hall–Kier alpha value is -4.36. The van der Waals surface area contributed by atoms with E-state index in [1.807, 2.05) is 79.0 Å². The van der Waals surface area contributed by atoms with Gasteiger partial charge in [-0.1, -0.05) is 41.9 Å². The van der Waals surface area contributed by atoms with Crippen molar-refractivity contribution >= 4 is 34.6 Å². The number of hydrogen-bond acceptors (Lipinski definition) is 4. The Bertz CT molecular complexity index is 1450. The second-order valence-corrected chi connectivity index (χ2v) is 8.03. The summed E-state index contributed by atoms with van der Waals surface area (Å²) in [5.41, 5.74) is 7.28. The molecule has 2 aromatic heterocycles. The molecule has 0 saturated carbocycles. The number of ether oxygens (including phenoxy) is 1. The molecule has 0 aliphatic carbocycles. The third kappa shape index (κ3) is 4.84. The van der Waals surface area contributed by atoms with Crippen LogP contribution in [-0.2, 0) is 6.61 Å². The lowest BCUT2D eigenvalue weighted by Gasteiger charge is -2.07. The van der Waals surface area contributed by atoms with Gasteiger partial charge in [0, 0.05) is 33.2 Å². The van der Waals surface area contributed by atoms with Crippen LogP contribution in [0.5, 0.6) is 5.75 Å². The maximum Gasteiger partial charge on any atom is 0.289 e. The van der Waals surface area contributed by atoms with Crippen molar-refractivity contribution in [3.05, 3.63) is 107 Å². The molecule has 5 rings (SSSR count). The fourth-order valence-corrected chi connectivity index (χ4v) is 3.60. The van der Waals surface area contributed by atoms with E-state index in [1.54, 1.807) is 12.3 Å². The van der Waals surface area contributed by atoms with Crippen molar-refractivity contribution in [2.45, 2.75) is 6.61 Å². The number of halogens is 1. The van der Waals surface area contributed by atoms with E-state index in [1.165, 1.54) is 0 Å². The zero-order valence-electron chi connectivity index (χ0n) is 18.0.